The molecular weight excluding hydrogens is 534 g/mol. The van der Waals surface area contributed by atoms with Gasteiger partial charge in [0, 0.05) is 67.8 Å². The number of fused-ring (bicyclic) bond motifs is 1. The Balaban J connectivity index is 1.61. The maximum atomic E-state index is 12.6. The topological polar surface area (TPSA) is 145 Å². The number of hydrogen-bond donors (Lipinski definition) is 2. The number of nitrogens with zero attached hydrogens (tertiary/aromatic N) is 6. The number of anilines is 1. The van der Waals surface area contributed by atoms with E-state index in [9.17, 15) is 13.5 Å². The first kappa shape index (κ1) is 27.9. The highest BCUT2D eigenvalue weighted by molar-refractivity contribution is 7.89. The predicted octanol–water partition coefficient (Wildman–Crippen LogP) is 1.94. The molecule has 212 valence electrons. The molecule has 0 bridgehead atoms. The highest BCUT2D eigenvalue weighted by Crippen LogP contribution is 2.33. The van der Waals surface area contributed by atoms with Crippen molar-refractivity contribution in [1.29, 1.82) is 0 Å². The van der Waals surface area contributed by atoms with Crippen LogP contribution >= 0.6 is 0 Å². The lowest BCUT2D eigenvalue weighted by atomic mass is 10.1. The van der Waals surface area contributed by atoms with Crippen LogP contribution in [0.15, 0.2) is 49.1 Å². The molecule has 1 fully saturated rings. The van der Waals surface area contributed by atoms with Gasteiger partial charge in [-0.1, -0.05) is 12.1 Å². The maximum Gasteiger partial charge on any atom is 0.237 e. The van der Waals surface area contributed by atoms with Crippen LogP contribution in [0.5, 0.6) is 5.75 Å². The van der Waals surface area contributed by atoms with Crippen LogP contribution in [0, 0.1) is 0 Å². The minimum absolute atomic E-state index is 0.133. The Morgan fingerprint density at radius 2 is 2.05 bits per heavy atom. The second-order valence-corrected chi connectivity index (χ2v) is 11.7. The summed E-state index contributed by atoms with van der Waals surface area (Å²) in [7, 11) is 0.135. The number of rotatable bonds is 10. The van der Waals surface area contributed by atoms with Crippen molar-refractivity contribution in [2.75, 3.05) is 51.6 Å². The molecule has 0 radical (unpaired) electrons. The van der Waals surface area contributed by atoms with Crippen LogP contribution in [-0.4, -0.2) is 96.3 Å². The number of hydrogen-bond acceptors (Lipinski definition) is 11. The molecular formula is C27H33N7O5S. The first-order chi connectivity index (χ1) is 19.2. The van der Waals surface area contributed by atoms with Gasteiger partial charge in [0.1, 0.15) is 30.6 Å². The SMILES string of the molecule is CNCC(O)COc1cccc(-c2nc(-c3cn(S(C)(=O)=O)c4ncncc34)cc(N(C)C3CCOCC3)n2)c1. The van der Waals surface area contributed by atoms with Crippen LogP contribution in [0.3, 0.4) is 0 Å². The molecule has 40 heavy (non-hydrogen) atoms. The third kappa shape index (κ3) is 6.07. The molecule has 1 aliphatic heterocycles. The molecule has 1 aromatic carbocycles. The molecule has 0 amide bonds. The van der Waals surface area contributed by atoms with Crippen molar-refractivity contribution in [3.8, 4) is 28.4 Å². The molecule has 4 aromatic rings. The lowest BCUT2D eigenvalue weighted by molar-refractivity contribution is 0.0853. The van der Waals surface area contributed by atoms with Crippen molar-refractivity contribution >= 4 is 26.9 Å². The molecule has 0 aliphatic carbocycles. The van der Waals surface area contributed by atoms with Gasteiger partial charge in [-0.05, 0) is 32.0 Å². The van der Waals surface area contributed by atoms with Crippen LogP contribution in [-0.2, 0) is 14.8 Å². The zero-order chi connectivity index (χ0) is 28.3. The van der Waals surface area contributed by atoms with E-state index in [-0.39, 0.29) is 18.3 Å². The zero-order valence-corrected chi connectivity index (χ0v) is 23.5. The number of ether oxygens (including phenoxy) is 2. The van der Waals surface area contributed by atoms with Crippen LogP contribution < -0.4 is 15.0 Å². The Labute approximate surface area is 233 Å². The number of nitrogens with one attached hydrogen (secondary N) is 1. The molecule has 5 rings (SSSR count). The molecule has 2 N–H and O–H groups in total. The van der Waals surface area contributed by atoms with E-state index in [1.807, 2.05) is 37.4 Å². The van der Waals surface area contributed by atoms with Gasteiger partial charge in [0.2, 0.25) is 10.0 Å². The number of benzene rings is 1. The van der Waals surface area contributed by atoms with Gasteiger partial charge in [0.25, 0.3) is 0 Å². The average molecular weight is 568 g/mol. The standard InChI is InChI=1S/C27H33N7O5S/c1-28-13-20(35)16-39-21-6-4-5-18(11-21)26-31-24(12-25(32-26)33(2)19-7-9-38-10-8-19)23-15-34(40(3,36)37)27-22(23)14-29-17-30-27/h4-6,11-12,14-15,17,19-20,28,35H,7-10,13,16H2,1-3H3. The first-order valence-electron chi connectivity index (χ1n) is 13.0. The number of aliphatic hydroxyl groups excluding tert-OH is 1. The summed E-state index contributed by atoms with van der Waals surface area (Å²) >= 11 is 0. The van der Waals surface area contributed by atoms with Gasteiger partial charge in [-0.2, -0.15) is 0 Å². The van der Waals surface area contributed by atoms with Crippen molar-refractivity contribution in [2.24, 2.45) is 0 Å². The minimum Gasteiger partial charge on any atom is -0.491 e. The molecule has 4 heterocycles. The third-order valence-corrected chi connectivity index (χ3v) is 7.85. The van der Waals surface area contributed by atoms with Crippen LogP contribution in [0.1, 0.15) is 12.8 Å². The molecule has 1 aliphatic rings. The summed E-state index contributed by atoms with van der Waals surface area (Å²) in [6.45, 7) is 1.90. The molecule has 1 atom stereocenters. The summed E-state index contributed by atoms with van der Waals surface area (Å²) in [5.41, 5.74) is 2.11. The molecule has 0 spiro atoms. The minimum atomic E-state index is -3.63. The quantitative estimate of drug-likeness (QED) is 0.290. The smallest absolute Gasteiger partial charge is 0.237 e. The fourth-order valence-electron chi connectivity index (χ4n) is 4.75. The van der Waals surface area contributed by atoms with Gasteiger partial charge in [-0.3, -0.25) is 0 Å². The largest absolute Gasteiger partial charge is 0.491 e. The predicted molar refractivity (Wildman–Crippen MR) is 152 cm³/mol. The number of likely N-dealkylation sites (N-methyl/N-ethyl adjacent to an activating group) is 1. The molecule has 12 nitrogen and oxygen atoms in total. The average Bonchev–Trinajstić information content (AvgIpc) is 3.37. The summed E-state index contributed by atoms with van der Waals surface area (Å²) in [6.07, 6.45) is 6.66. The first-order valence-corrected chi connectivity index (χ1v) is 14.9. The van der Waals surface area contributed by atoms with Gasteiger partial charge >= 0.3 is 0 Å². The Kier molecular flexibility index (Phi) is 8.26. The fraction of sp³-hybridized carbons (Fsp3) is 0.407. The van der Waals surface area contributed by atoms with Gasteiger partial charge in [0.15, 0.2) is 11.5 Å². The Bertz CT molecular complexity index is 1590. The molecule has 3 aromatic heterocycles. The van der Waals surface area contributed by atoms with E-state index in [2.05, 4.69) is 20.2 Å². The van der Waals surface area contributed by atoms with Crippen LogP contribution in [0.4, 0.5) is 5.82 Å². The lowest BCUT2D eigenvalue weighted by Gasteiger charge is -2.32. The second-order valence-electron chi connectivity index (χ2n) is 9.80. The Hall–Kier alpha value is -3.65. The third-order valence-electron chi connectivity index (χ3n) is 6.86. The van der Waals surface area contributed by atoms with Crippen LogP contribution in [0.2, 0.25) is 0 Å². The van der Waals surface area contributed by atoms with Gasteiger partial charge in [-0.25, -0.2) is 32.3 Å². The van der Waals surface area contributed by atoms with Crippen molar-refractivity contribution < 1.29 is 23.0 Å². The summed E-state index contributed by atoms with van der Waals surface area (Å²) in [5, 5.41) is 13.5. The number of aliphatic hydroxyl groups is 1. The molecule has 13 heteroatoms. The van der Waals surface area contributed by atoms with Crippen molar-refractivity contribution in [1.82, 2.24) is 29.2 Å². The summed E-state index contributed by atoms with van der Waals surface area (Å²) in [4.78, 5) is 20.3. The van der Waals surface area contributed by atoms with E-state index in [4.69, 9.17) is 19.4 Å². The van der Waals surface area contributed by atoms with E-state index >= 15 is 0 Å². The molecule has 1 saturated heterocycles. The highest BCUT2D eigenvalue weighted by atomic mass is 32.2. The molecule has 1 unspecified atom stereocenters. The van der Waals surface area contributed by atoms with Gasteiger partial charge in [-0.15, -0.1) is 0 Å². The Morgan fingerprint density at radius 3 is 2.80 bits per heavy atom. The van der Waals surface area contributed by atoms with Gasteiger partial charge in [0.05, 0.1) is 11.9 Å². The fourth-order valence-corrected chi connectivity index (χ4v) is 5.50. The molecule has 0 saturated carbocycles. The highest BCUT2D eigenvalue weighted by Gasteiger charge is 2.24. The monoisotopic (exact) mass is 567 g/mol. The second kappa shape index (κ2) is 11.8. The van der Waals surface area contributed by atoms with Crippen molar-refractivity contribution in [2.45, 2.75) is 25.0 Å². The van der Waals surface area contributed by atoms with Crippen LogP contribution in [0.25, 0.3) is 33.7 Å². The van der Waals surface area contributed by atoms with E-state index in [0.29, 0.717) is 59.4 Å². The van der Waals surface area contributed by atoms with Gasteiger partial charge < -0.3 is 24.8 Å². The maximum absolute atomic E-state index is 12.6. The van der Waals surface area contributed by atoms with E-state index in [0.717, 1.165) is 23.1 Å². The van der Waals surface area contributed by atoms with Crippen molar-refractivity contribution in [3.05, 3.63) is 49.1 Å². The number of aromatic nitrogens is 5. The zero-order valence-electron chi connectivity index (χ0n) is 22.7. The van der Waals surface area contributed by atoms with Crippen molar-refractivity contribution in [3.63, 3.8) is 0 Å². The summed E-state index contributed by atoms with van der Waals surface area (Å²) in [5.74, 6) is 1.72. The Morgan fingerprint density at radius 1 is 1.25 bits per heavy atom. The van der Waals surface area contributed by atoms with E-state index in [1.165, 1.54) is 12.5 Å². The van der Waals surface area contributed by atoms with E-state index < -0.39 is 16.1 Å². The summed E-state index contributed by atoms with van der Waals surface area (Å²) < 4.78 is 37.6. The van der Waals surface area contributed by atoms with E-state index in [1.54, 1.807) is 13.2 Å². The normalized spacial score (nSPS) is 15.3. The summed E-state index contributed by atoms with van der Waals surface area (Å²) in [6, 6.07) is 9.46. The lowest BCUT2D eigenvalue weighted by Crippen LogP contribution is -2.37.